The Morgan fingerprint density at radius 1 is 1.00 bits per heavy atom. The molecule has 1 N–H and O–H groups in total. The lowest BCUT2D eigenvalue weighted by Gasteiger charge is -2.09. The van der Waals surface area contributed by atoms with Crippen LogP contribution in [0.25, 0.3) is 6.08 Å². The zero-order valence-corrected chi connectivity index (χ0v) is 15.0. The highest BCUT2D eigenvalue weighted by Gasteiger charge is 2.10. The number of hydrogen-bond donors (Lipinski definition) is 1. The zero-order chi connectivity index (χ0) is 18.9. The Hall–Kier alpha value is -2.99. The monoisotopic (exact) mass is 358 g/mol. The standard InChI is InChI=1S/C20H22O6/c1-23-10-11-26-16-7-5-15(6-8-16)17(21)9-4-14-12-18(24-2)20(22)19(13-14)25-3/h4-9,12-13,22H,10-11H2,1-3H3. The molecule has 0 aromatic heterocycles. The largest absolute Gasteiger partial charge is 0.502 e. The molecular formula is C20H22O6. The minimum absolute atomic E-state index is 0.0810. The van der Waals surface area contributed by atoms with E-state index in [0.29, 0.717) is 30.1 Å². The van der Waals surface area contributed by atoms with Crippen LogP contribution >= 0.6 is 0 Å². The molecule has 0 aliphatic heterocycles. The van der Waals surface area contributed by atoms with E-state index in [1.165, 1.54) is 20.3 Å². The van der Waals surface area contributed by atoms with Crippen molar-refractivity contribution in [2.24, 2.45) is 0 Å². The van der Waals surface area contributed by atoms with Crippen LogP contribution in [0, 0.1) is 0 Å². The summed E-state index contributed by atoms with van der Waals surface area (Å²) in [6.07, 6.45) is 3.09. The minimum atomic E-state index is -0.153. The predicted molar refractivity (Wildman–Crippen MR) is 98.4 cm³/mol. The van der Waals surface area contributed by atoms with Gasteiger partial charge in [0, 0.05) is 12.7 Å². The normalized spacial score (nSPS) is 10.7. The van der Waals surface area contributed by atoms with Crippen LogP contribution in [0.3, 0.4) is 0 Å². The van der Waals surface area contributed by atoms with Crippen molar-refractivity contribution in [2.45, 2.75) is 0 Å². The lowest BCUT2D eigenvalue weighted by molar-refractivity contribution is 0.104. The first kappa shape index (κ1) is 19.3. The van der Waals surface area contributed by atoms with Crippen LogP contribution < -0.4 is 14.2 Å². The smallest absolute Gasteiger partial charge is 0.200 e. The fourth-order valence-electron chi connectivity index (χ4n) is 2.24. The van der Waals surface area contributed by atoms with Crippen LogP contribution in [0.1, 0.15) is 15.9 Å². The number of allylic oxidation sites excluding steroid dienone is 1. The van der Waals surface area contributed by atoms with Crippen molar-refractivity contribution < 1.29 is 28.8 Å². The molecule has 2 aromatic carbocycles. The molecule has 0 amide bonds. The van der Waals surface area contributed by atoms with E-state index < -0.39 is 0 Å². The van der Waals surface area contributed by atoms with E-state index in [1.54, 1.807) is 49.6 Å². The van der Waals surface area contributed by atoms with E-state index in [9.17, 15) is 9.90 Å². The minimum Gasteiger partial charge on any atom is -0.502 e. The van der Waals surface area contributed by atoms with E-state index in [-0.39, 0.29) is 23.0 Å². The predicted octanol–water partition coefficient (Wildman–Crippen LogP) is 3.33. The summed E-state index contributed by atoms with van der Waals surface area (Å²) in [6, 6.07) is 10.1. The Morgan fingerprint density at radius 3 is 2.15 bits per heavy atom. The van der Waals surface area contributed by atoms with Gasteiger partial charge in [-0.05, 0) is 48.0 Å². The summed E-state index contributed by atoms with van der Waals surface area (Å²) in [5.41, 5.74) is 1.21. The van der Waals surface area contributed by atoms with Gasteiger partial charge in [0.05, 0.1) is 20.8 Å². The number of rotatable bonds is 9. The lowest BCUT2D eigenvalue weighted by Crippen LogP contribution is -2.04. The second-order valence-corrected chi connectivity index (χ2v) is 5.34. The molecule has 0 fully saturated rings. The summed E-state index contributed by atoms with van der Waals surface area (Å²) < 4.78 is 20.6. The Balaban J connectivity index is 2.09. The number of hydrogen-bond acceptors (Lipinski definition) is 6. The van der Waals surface area contributed by atoms with Gasteiger partial charge in [0.1, 0.15) is 12.4 Å². The van der Waals surface area contributed by atoms with Crippen molar-refractivity contribution in [3.8, 4) is 23.0 Å². The molecule has 0 saturated carbocycles. The van der Waals surface area contributed by atoms with E-state index in [4.69, 9.17) is 18.9 Å². The van der Waals surface area contributed by atoms with Crippen molar-refractivity contribution in [1.29, 1.82) is 0 Å². The Morgan fingerprint density at radius 2 is 1.62 bits per heavy atom. The third kappa shape index (κ3) is 5.00. The number of aromatic hydroxyl groups is 1. The average molecular weight is 358 g/mol. The third-order valence-corrected chi connectivity index (χ3v) is 3.62. The first-order valence-corrected chi connectivity index (χ1v) is 7.98. The Bertz CT molecular complexity index is 739. The fourth-order valence-corrected chi connectivity index (χ4v) is 2.24. The lowest BCUT2D eigenvalue weighted by atomic mass is 10.1. The van der Waals surface area contributed by atoms with Crippen LogP contribution in [0.15, 0.2) is 42.5 Å². The van der Waals surface area contributed by atoms with Crippen LogP contribution in [0.2, 0.25) is 0 Å². The second kappa shape index (κ2) is 9.48. The number of ether oxygens (including phenoxy) is 4. The quantitative estimate of drug-likeness (QED) is 0.421. The fraction of sp³-hybridized carbons (Fsp3) is 0.250. The molecule has 0 bridgehead atoms. The third-order valence-electron chi connectivity index (χ3n) is 3.62. The highest BCUT2D eigenvalue weighted by Crippen LogP contribution is 2.37. The molecule has 0 aliphatic carbocycles. The summed E-state index contributed by atoms with van der Waals surface area (Å²) in [5, 5.41) is 9.91. The molecule has 2 aromatic rings. The Labute approximate surface area is 152 Å². The van der Waals surface area contributed by atoms with Gasteiger partial charge in [-0.1, -0.05) is 6.08 Å². The van der Waals surface area contributed by atoms with Crippen molar-refractivity contribution in [3.63, 3.8) is 0 Å². The number of phenols is 1. The van der Waals surface area contributed by atoms with Gasteiger partial charge in [-0.3, -0.25) is 4.79 Å². The molecule has 6 nitrogen and oxygen atoms in total. The van der Waals surface area contributed by atoms with Crippen LogP contribution in [0.4, 0.5) is 0 Å². The molecule has 0 radical (unpaired) electrons. The first-order valence-electron chi connectivity index (χ1n) is 7.98. The number of benzene rings is 2. The van der Waals surface area contributed by atoms with Crippen molar-refractivity contribution in [2.75, 3.05) is 34.5 Å². The van der Waals surface area contributed by atoms with Gasteiger partial charge in [0.15, 0.2) is 17.3 Å². The van der Waals surface area contributed by atoms with Gasteiger partial charge in [-0.25, -0.2) is 0 Å². The number of methoxy groups -OCH3 is 3. The topological polar surface area (TPSA) is 74.2 Å². The van der Waals surface area contributed by atoms with Crippen molar-refractivity contribution in [3.05, 3.63) is 53.6 Å². The maximum atomic E-state index is 12.3. The van der Waals surface area contributed by atoms with Gasteiger partial charge in [-0.15, -0.1) is 0 Å². The molecule has 0 heterocycles. The number of phenolic OH excluding ortho intramolecular Hbond substituents is 1. The maximum Gasteiger partial charge on any atom is 0.200 e. The summed E-state index contributed by atoms with van der Waals surface area (Å²) in [6.45, 7) is 0.956. The number of carbonyl (C=O) groups excluding carboxylic acids is 1. The molecule has 0 unspecified atom stereocenters. The molecule has 6 heteroatoms. The first-order chi connectivity index (χ1) is 12.6. The van der Waals surface area contributed by atoms with Gasteiger partial charge in [-0.2, -0.15) is 0 Å². The second-order valence-electron chi connectivity index (χ2n) is 5.34. The SMILES string of the molecule is COCCOc1ccc(C(=O)C=Cc2cc(OC)c(O)c(OC)c2)cc1. The molecule has 138 valence electrons. The summed E-state index contributed by atoms with van der Waals surface area (Å²) >= 11 is 0. The van der Waals surface area contributed by atoms with Gasteiger partial charge < -0.3 is 24.1 Å². The average Bonchev–Trinajstić information content (AvgIpc) is 2.67. The molecule has 0 saturated heterocycles. The molecule has 2 rings (SSSR count). The highest BCUT2D eigenvalue weighted by atomic mass is 16.5. The summed E-state index contributed by atoms with van der Waals surface area (Å²) in [7, 11) is 4.50. The van der Waals surface area contributed by atoms with E-state index in [1.807, 2.05) is 0 Å². The van der Waals surface area contributed by atoms with E-state index in [2.05, 4.69) is 0 Å². The highest BCUT2D eigenvalue weighted by molar-refractivity contribution is 6.06. The van der Waals surface area contributed by atoms with E-state index in [0.717, 1.165) is 0 Å². The number of carbonyl (C=O) groups is 1. The van der Waals surface area contributed by atoms with Crippen molar-refractivity contribution in [1.82, 2.24) is 0 Å². The molecule has 26 heavy (non-hydrogen) atoms. The molecule has 0 aliphatic rings. The van der Waals surface area contributed by atoms with Crippen LogP contribution in [0.5, 0.6) is 23.0 Å². The molecule has 0 spiro atoms. The van der Waals surface area contributed by atoms with Gasteiger partial charge in [0.25, 0.3) is 0 Å². The summed E-state index contributed by atoms with van der Waals surface area (Å²) in [5.74, 6) is 0.987. The van der Waals surface area contributed by atoms with Gasteiger partial charge >= 0.3 is 0 Å². The molecule has 0 atom stereocenters. The summed E-state index contributed by atoms with van der Waals surface area (Å²) in [4.78, 5) is 12.3. The van der Waals surface area contributed by atoms with Crippen LogP contribution in [-0.2, 0) is 4.74 Å². The Kier molecular flexibility index (Phi) is 7.05. The molecular weight excluding hydrogens is 336 g/mol. The zero-order valence-electron chi connectivity index (χ0n) is 15.0. The van der Waals surface area contributed by atoms with E-state index >= 15 is 0 Å². The maximum absolute atomic E-state index is 12.3. The van der Waals surface area contributed by atoms with Crippen molar-refractivity contribution >= 4 is 11.9 Å². The number of ketones is 1. The van der Waals surface area contributed by atoms with Gasteiger partial charge in [0.2, 0.25) is 5.75 Å². The van der Waals surface area contributed by atoms with Crippen LogP contribution in [-0.4, -0.2) is 45.4 Å².